The van der Waals surface area contributed by atoms with Crippen molar-refractivity contribution in [3.8, 4) is 0 Å². The van der Waals surface area contributed by atoms with Crippen molar-refractivity contribution in [2.75, 3.05) is 10.6 Å². The van der Waals surface area contributed by atoms with Gasteiger partial charge in [-0.05, 0) is 43.2 Å². The van der Waals surface area contributed by atoms with Crippen LogP contribution in [-0.4, -0.2) is 18.8 Å². The van der Waals surface area contributed by atoms with Crippen molar-refractivity contribution in [1.82, 2.24) is 0 Å². The summed E-state index contributed by atoms with van der Waals surface area (Å²) in [4.78, 5) is 2.57. The summed E-state index contributed by atoms with van der Waals surface area (Å²) in [5.74, 6) is 0.164. The Kier molecular flexibility index (Phi) is 2.68. The normalized spacial score (nSPS) is 21.4. The van der Waals surface area contributed by atoms with Gasteiger partial charge < -0.3 is 10.6 Å². The van der Waals surface area contributed by atoms with Crippen molar-refractivity contribution in [2.45, 2.75) is 18.7 Å². The molecule has 2 heterocycles. The monoisotopic (exact) mass is 329 g/mol. The predicted octanol–water partition coefficient (Wildman–Crippen LogP) is 2.93. The lowest BCUT2D eigenvalue weighted by molar-refractivity contribution is 0.464. The highest BCUT2D eigenvalue weighted by molar-refractivity contribution is 7.87. The minimum atomic E-state index is -4.51. The Morgan fingerprint density at radius 1 is 1.09 bits per heavy atom. The lowest BCUT2D eigenvalue weighted by atomic mass is 10.0. The Morgan fingerprint density at radius 3 is 2.43 bits per heavy atom. The number of nitrogens with zero attached hydrogens (tertiary/aromatic N) is 1. The fraction of sp³-hybridized carbons (Fsp3) is 0.188. The van der Waals surface area contributed by atoms with Gasteiger partial charge in [-0.3, -0.25) is 4.55 Å². The van der Waals surface area contributed by atoms with Gasteiger partial charge >= 0.3 is 10.1 Å². The smallest absolute Gasteiger partial charge is 0.301 e. The van der Waals surface area contributed by atoms with E-state index in [1.807, 2.05) is 26.0 Å². The molecule has 118 valence electrons. The zero-order chi connectivity index (χ0) is 16.4. The third-order valence-electron chi connectivity index (χ3n) is 4.43. The second kappa shape index (κ2) is 4.33. The molecule has 0 aliphatic carbocycles. The SMILES string of the molecule is Cc1cc2c(cc1C)NC1(S(=O)(=O)O)C(=Nc3ccccc31)N2. The molecule has 0 fully saturated rings. The van der Waals surface area contributed by atoms with Gasteiger partial charge in [0.05, 0.1) is 17.1 Å². The maximum absolute atomic E-state index is 12.3. The molecule has 3 N–H and O–H groups in total. The molecule has 1 atom stereocenters. The Bertz CT molecular complexity index is 982. The van der Waals surface area contributed by atoms with Crippen LogP contribution in [0.25, 0.3) is 0 Å². The second-order valence-corrected chi connectivity index (χ2v) is 7.43. The molecule has 2 aromatic carbocycles. The molecule has 2 aromatic rings. The minimum absolute atomic E-state index is 0.164. The largest absolute Gasteiger partial charge is 0.353 e. The zero-order valence-electron chi connectivity index (χ0n) is 12.6. The number of aliphatic imine (C=N–C) groups is 1. The van der Waals surface area contributed by atoms with Crippen LogP contribution in [0.15, 0.2) is 41.4 Å². The summed E-state index contributed by atoms with van der Waals surface area (Å²) in [6.07, 6.45) is 0. The summed E-state index contributed by atoms with van der Waals surface area (Å²) < 4.78 is 34.6. The maximum atomic E-state index is 12.3. The molecule has 23 heavy (non-hydrogen) atoms. The van der Waals surface area contributed by atoms with Crippen LogP contribution in [0.4, 0.5) is 17.1 Å². The lowest BCUT2D eigenvalue weighted by Crippen LogP contribution is -2.53. The molecule has 2 aliphatic rings. The molecule has 0 bridgehead atoms. The second-order valence-electron chi connectivity index (χ2n) is 5.87. The van der Waals surface area contributed by atoms with Crippen LogP contribution in [0.3, 0.4) is 0 Å². The number of amidine groups is 1. The van der Waals surface area contributed by atoms with E-state index in [-0.39, 0.29) is 5.84 Å². The van der Waals surface area contributed by atoms with Crippen LogP contribution in [-0.2, 0) is 15.0 Å². The summed E-state index contributed by atoms with van der Waals surface area (Å²) in [6, 6.07) is 10.7. The number of rotatable bonds is 1. The van der Waals surface area contributed by atoms with Gasteiger partial charge in [0.25, 0.3) is 4.87 Å². The van der Waals surface area contributed by atoms with E-state index in [1.165, 1.54) is 0 Å². The van der Waals surface area contributed by atoms with Crippen molar-refractivity contribution in [3.63, 3.8) is 0 Å². The Hall–Kier alpha value is -2.38. The molecule has 6 nitrogen and oxygen atoms in total. The number of hydrogen-bond acceptors (Lipinski definition) is 5. The van der Waals surface area contributed by atoms with E-state index in [0.29, 0.717) is 16.9 Å². The molecule has 0 spiro atoms. The number of nitrogens with one attached hydrogen (secondary N) is 2. The first-order chi connectivity index (χ1) is 10.8. The summed E-state index contributed by atoms with van der Waals surface area (Å²) in [5, 5.41) is 6.07. The molecule has 1 unspecified atom stereocenters. The maximum Gasteiger partial charge on any atom is 0.301 e. The molecule has 0 radical (unpaired) electrons. The Labute approximate surface area is 134 Å². The number of anilines is 2. The lowest BCUT2D eigenvalue weighted by Gasteiger charge is -2.36. The van der Waals surface area contributed by atoms with E-state index in [1.54, 1.807) is 24.3 Å². The number of benzene rings is 2. The van der Waals surface area contributed by atoms with Gasteiger partial charge in [0.2, 0.25) is 0 Å². The molecule has 7 heteroatoms. The molecule has 0 amide bonds. The van der Waals surface area contributed by atoms with Gasteiger partial charge in [0.15, 0.2) is 5.84 Å². The average molecular weight is 329 g/mol. The quantitative estimate of drug-likeness (QED) is 0.700. The van der Waals surface area contributed by atoms with Gasteiger partial charge in [-0.1, -0.05) is 18.2 Å². The van der Waals surface area contributed by atoms with E-state index in [0.717, 1.165) is 16.8 Å². The molecular formula is C16H15N3O3S. The number of aryl methyl sites for hydroxylation is 2. The first kappa shape index (κ1) is 14.2. The summed E-state index contributed by atoms with van der Waals surface area (Å²) in [7, 11) is -4.51. The molecule has 2 aliphatic heterocycles. The molecule has 0 saturated heterocycles. The van der Waals surface area contributed by atoms with E-state index in [2.05, 4.69) is 15.6 Å². The fourth-order valence-electron chi connectivity index (χ4n) is 3.10. The van der Waals surface area contributed by atoms with Gasteiger partial charge in [0, 0.05) is 5.56 Å². The van der Waals surface area contributed by atoms with Gasteiger partial charge in [-0.25, -0.2) is 4.99 Å². The van der Waals surface area contributed by atoms with Crippen LogP contribution in [0.1, 0.15) is 16.7 Å². The highest BCUT2D eigenvalue weighted by atomic mass is 32.2. The third-order valence-corrected chi connectivity index (χ3v) is 5.72. The van der Waals surface area contributed by atoms with Gasteiger partial charge in [0.1, 0.15) is 0 Å². The van der Waals surface area contributed by atoms with E-state index < -0.39 is 15.0 Å². The van der Waals surface area contributed by atoms with Crippen molar-refractivity contribution in [1.29, 1.82) is 0 Å². The van der Waals surface area contributed by atoms with Crippen molar-refractivity contribution < 1.29 is 13.0 Å². The Balaban J connectivity index is 2.02. The molecular weight excluding hydrogens is 314 g/mol. The fourth-order valence-corrected chi connectivity index (χ4v) is 4.13. The van der Waals surface area contributed by atoms with E-state index in [4.69, 9.17) is 0 Å². The van der Waals surface area contributed by atoms with Gasteiger partial charge in [-0.2, -0.15) is 8.42 Å². The first-order valence-electron chi connectivity index (χ1n) is 7.15. The molecule has 0 saturated carbocycles. The summed E-state index contributed by atoms with van der Waals surface area (Å²) in [5.41, 5.74) is 4.37. The first-order valence-corrected chi connectivity index (χ1v) is 8.59. The number of fused-ring (bicyclic) bond motifs is 4. The summed E-state index contributed by atoms with van der Waals surface area (Å²) >= 11 is 0. The van der Waals surface area contributed by atoms with Crippen LogP contribution in [0, 0.1) is 13.8 Å². The van der Waals surface area contributed by atoms with Crippen molar-refractivity contribution in [3.05, 3.63) is 53.1 Å². The summed E-state index contributed by atoms with van der Waals surface area (Å²) in [6.45, 7) is 3.93. The molecule has 0 aromatic heterocycles. The van der Waals surface area contributed by atoms with Crippen molar-refractivity contribution >= 4 is 33.0 Å². The topological polar surface area (TPSA) is 90.8 Å². The van der Waals surface area contributed by atoms with Crippen LogP contribution in [0.5, 0.6) is 0 Å². The van der Waals surface area contributed by atoms with E-state index in [9.17, 15) is 13.0 Å². The zero-order valence-corrected chi connectivity index (χ0v) is 13.4. The number of hydrogen-bond donors (Lipinski definition) is 3. The Morgan fingerprint density at radius 2 is 1.74 bits per heavy atom. The van der Waals surface area contributed by atoms with Gasteiger partial charge in [-0.15, -0.1) is 0 Å². The average Bonchev–Trinajstić information content (AvgIpc) is 2.80. The molecule has 4 rings (SSSR count). The third kappa shape index (κ3) is 1.77. The highest BCUT2D eigenvalue weighted by Gasteiger charge is 2.56. The van der Waals surface area contributed by atoms with Crippen molar-refractivity contribution in [2.24, 2.45) is 4.99 Å². The number of para-hydroxylation sites is 1. The standard InChI is InChI=1S/C16H15N3O3S/c1-9-7-13-14(8-10(9)2)19-16(23(20,21)22)11-5-3-4-6-12(11)17-15(16)18-13/h3-8,19H,1-2H3,(H,17,18)(H,20,21,22). The minimum Gasteiger partial charge on any atom is -0.353 e. The predicted molar refractivity (Wildman–Crippen MR) is 89.9 cm³/mol. The highest BCUT2D eigenvalue weighted by Crippen LogP contribution is 2.48. The van der Waals surface area contributed by atoms with Crippen LogP contribution >= 0.6 is 0 Å². The van der Waals surface area contributed by atoms with Crippen LogP contribution in [0.2, 0.25) is 0 Å². The van der Waals surface area contributed by atoms with Crippen LogP contribution < -0.4 is 10.6 Å². The van der Waals surface area contributed by atoms with E-state index >= 15 is 0 Å².